The predicted molar refractivity (Wildman–Crippen MR) is 118 cm³/mol. The van der Waals surface area contributed by atoms with Crippen molar-refractivity contribution >= 4 is 11.6 Å². The highest BCUT2D eigenvalue weighted by molar-refractivity contribution is 5.99. The number of amides is 1. The number of hydrogen-bond donors (Lipinski definition) is 1. The fraction of sp³-hybridized carbons (Fsp3) is 0.320. The summed E-state index contributed by atoms with van der Waals surface area (Å²) in [5.74, 6) is -1.60. The molecule has 1 amide bonds. The standard InChI is InChI=1S/C25H22F2N4O2/c26-19-2-1-3-20(27)24(19)21-9-14(23-22(30-21)11-29-25(23)32)8-15-4-5-16(10-28-15)31-12-17-6-7-18(13-31)33-17/h1-5,9-10,17-18H,6-8,11-13H2,(H,29,32)/t17-,18+. The number of ether oxygens (including phenoxy) is 1. The lowest BCUT2D eigenvalue weighted by Gasteiger charge is -2.33. The Bertz CT molecular complexity index is 1220. The summed E-state index contributed by atoms with van der Waals surface area (Å²) in [4.78, 5) is 23.8. The summed E-state index contributed by atoms with van der Waals surface area (Å²) in [7, 11) is 0. The van der Waals surface area contributed by atoms with E-state index < -0.39 is 11.6 Å². The van der Waals surface area contributed by atoms with Crippen molar-refractivity contribution in [1.29, 1.82) is 0 Å². The SMILES string of the molecule is O=C1NCc2nc(-c3c(F)cccc3F)cc(Cc3ccc(N4C[C@H]5CC[C@@H](C4)O5)cn3)c21. The predicted octanol–water partition coefficient (Wildman–Crippen LogP) is 3.62. The molecule has 168 valence electrons. The number of pyridine rings is 2. The monoisotopic (exact) mass is 448 g/mol. The number of carbonyl (C=O) groups excluding carboxylic acids is 1. The number of nitrogens with zero attached hydrogens (tertiary/aromatic N) is 3. The van der Waals surface area contributed by atoms with E-state index in [0.29, 0.717) is 35.4 Å². The van der Waals surface area contributed by atoms with Crippen LogP contribution in [0.25, 0.3) is 11.3 Å². The molecule has 6 nitrogen and oxygen atoms in total. The molecule has 1 aromatic carbocycles. The second kappa shape index (κ2) is 7.88. The zero-order valence-corrected chi connectivity index (χ0v) is 17.9. The third-order valence-electron chi connectivity index (χ3n) is 6.63. The average molecular weight is 448 g/mol. The van der Waals surface area contributed by atoms with Crippen LogP contribution in [0.5, 0.6) is 0 Å². The van der Waals surface area contributed by atoms with Crippen molar-refractivity contribution in [2.45, 2.75) is 38.0 Å². The molecule has 0 unspecified atom stereocenters. The molecule has 3 aliphatic rings. The van der Waals surface area contributed by atoms with Crippen molar-refractivity contribution in [2.75, 3.05) is 18.0 Å². The van der Waals surface area contributed by atoms with E-state index in [4.69, 9.17) is 4.74 Å². The summed E-state index contributed by atoms with van der Waals surface area (Å²) in [5.41, 5.74) is 3.41. The summed E-state index contributed by atoms with van der Waals surface area (Å²) in [6, 6.07) is 9.30. The molecule has 6 rings (SSSR count). The van der Waals surface area contributed by atoms with E-state index in [1.807, 2.05) is 18.3 Å². The molecule has 2 saturated heterocycles. The quantitative estimate of drug-likeness (QED) is 0.660. The van der Waals surface area contributed by atoms with Gasteiger partial charge < -0.3 is 15.0 Å². The van der Waals surface area contributed by atoms with Crippen LogP contribution in [0.2, 0.25) is 0 Å². The van der Waals surface area contributed by atoms with Gasteiger partial charge in [0.05, 0.1) is 53.2 Å². The maximum Gasteiger partial charge on any atom is 0.253 e. The van der Waals surface area contributed by atoms with Gasteiger partial charge in [-0.3, -0.25) is 9.78 Å². The minimum absolute atomic E-state index is 0.177. The summed E-state index contributed by atoms with van der Waals surface area (Å²) in [6.45, 7) is 1.97. The molecule has 2 aromatic heterocycles. The van der Waals surface area contributed by atoms with Crippen LogP contribution >= 0.6 is 0 Å². The maximum absolute atomic E-state index is 14.4. The van der Waals surface area contributed by atoms with Gasteiger partial charge >= 0.3 is 0 Å². The fourth-order valence-corrected chi connectivity index (χ4v) is 5.05. The first-order chi connectivity index (χ1) is 16.0. The molecule has 0 saturated carbocycles. The molecule has 2 atom stereocenters. The number of rotatable bonds is 4. The van der Waals surface area contributed by atoms with Crippen LogP contribution in [-0.4, -0.2) is 41.2 Å². The van der Waals surface area contributed by atoms with Crippen molar-refractivity contribution in [1.82, 2.24) is 15.3 Å². The van der Waals surface area contributed by atoms with Gasteiger partial charge in [-0.05, 0) is 48.7 Å². The molecular formula is C25H22F2N4O2. The summed E-state index contributed by atoms with van der Waals surface area (Å²) in [6.07, 6.45) is 4.99. The van der Waals surface area contributed by atoms with Crippen LogP contribution in [0.3, 0.4) is 0 Å². The number of anilines is 1. The number of carbonyl (C=O) groups is 1. The molecule has 2 bridgehead atoms. The van der Waals surface area contributed by atoms with Crippen molar-refractivity contribution in [2.24, 2.45) is 0 Å². The van der Waals surface area contributed by atoms with Gasteiger partial charge in [-0.1, -0.05) is 6.07 Å². The molecule has 0 radical (unpaired) electrons. The van der Waals surface area contributed by atoms with Crippen molar-refractivity contribution < 1.29 is 18.3 Å². The Morgan fingerprint density at radius 2 is 1.82 bits per heavy atom. The van der Waals surface area contributed by atoms with Gasteiger partial charge in [0.15, 0.2) is 0 Å². The lowest BCUT2D eigenvalue weighted by Crippen LogP contribution is -2.42. The second-order valence-corrected chi connectivity index (χ2v) is 8.81. The van der Waals surface area contributed by atoms with Gasteiger partial charge in [0.1, 0.15) is 11.6 Å². The number of morpholine rings is 1. The summed E-state index contributed by atoms with van der Waals surface area (Å²) < 4.78 is 34.7. The molecule has 0 spiro atoms. The minimum Gasteiger partial charge on any atom is -0.371 e. The maximum atomic E-state index is 14.4. The van der Waals surface area contributed by atoms with E-state index in [-0.39, 0.29) is 23.7 Å². The number of fused-ring (bicyclic) bond motifs is 3. The van der Waals surface area contributed by atoms with Crippen LogP contribution < -0.4 is 10.2 Å². The van der Waals surface area contributed by atoms with Crippen LogP contribution in [-0.2, 0) is 17.7 Å². The Kier molecular flexibility index (Phi) is 4.83. The van der Waals surface area contributed by atoms with Crippen molar-refractivity contribution in [3.8, 4) is 11.3 Å². The van der Waals surface area contributed by atoms with Crippen LogP contribution in [0.1, 0.15) is 40.2 Å². The van der Waals surface area contributed by atoms with Crippen LogP contribution in [0.4, 0.5) is 14.5 Å². The van der Waals surface area contributed by atoms with E-state index in [1.54, 1.807) is 6.07 Å². The second-order valence-electron chi connectivity index (χ2n) is 8.81. The molecular weight excluding hydrogens is 426 g/mol. The van der Waals surface area contributed by atoms with Gasteiger partial charge in [0.25, 0.3) is 5.91 Å². The van der Waals surface area contributed by atoms with Crippen molar-refractivity contribution in [3.05, 3.63) is 76.7 Å². The first-order valence-corrected chi connectivity index (χ1v) is 11.2. The van der Waals surface area contributed by atoms with E-state index in [0.717, 1.165) is 37.3 Å². The highest BCUT2D eigenvalue weighted by Gasteiger charge is 2.34. The Balaban J connectivity index is 1.32. The van der Waals surface area contributed by atoms with Crippen molar-refractivity contribution in [3.63, 3.8) is 0 Å². The fourth-order valence-electron chi connectivity index (χ4n) is 5.05. The van der Waals surface area contributed by atoms with Crippen LogP contribution in [0, 0.1) is 11.6 Å². The highest BCUT2D eigenvalue weighted by atomic mass is 19.1. The normalized spacial score (nSPS) is 21.3. The Morgan fingerprint density at radius 3 is 2.52 bits per heavy atom. The molecule has 5 heterocycles. The average Bonchev–Trinajstić information content (AvgIpc) is 3.35. The number of nitrogens with one attached hydrogen (secondary N) is 1. The molecule has 2 fully saturated rings. The third kappa shape index (κ3) is 3.64. The molecule has 0 aliphatic carbocycles. The van der Waals surface area contributed by atoms with Gasteiger partial charge in [-0.2, -0.15) is 0 Å². The highest BCUT2D eigenvalue weighted by Crippen LogP contribution is 2.31. The molecule has 3 aliphatic heterocycles. The van der Waals surface area contributed by atoms with Crippen LogP contribution in [0.15, 0.2) is 42.6 Å². The Morgan fingerprint density at radius 1 is 1.06 bits per heavy atom. The van der Waals surface area contributed by atoms with Gasteiger partial charge in [-0.25, -0.2) is 13.8 Å². The largest absolute Gasteiger partial charge is 0.371 e. The van der Waals surface area contributed by atoms with E-state index in [9.17, 15) is 13.6 Å². The molecule has 33 heavy (non-hydrogen) atoms. The molecule has 8 heteroatoms. The van der Waals surface area contributed by atoms with E-state index >= 15 is 0 Å². The molecule has 3 aromatic rings. The zero-order chi connectivity index (χ0) is 22.5. The number of aromatic nitrogens is 2. The lowest BCUT2D eigenvalue weighted by molar-refractivity contribution is 0.0305. The van der Waals surface area contributed by atoms with E-state index in [1.165, 1.54) is 18.2 Å². The Hall–Kier alpha value is -3.39. The summed E-state index contributed by atoms with van der Waals surface area (Å²) in [5, 5.41) is 2.76. The Labute approximate surface area is 189 Å². The first kappa shape index (κ1) is 20.2. The minimum atomic E-state index is -0.687. The zero-order valence-electron chi connectivity index (χ0n) is 17.9. The molecule has 1 N–H and O–H groups in total. The number of hydrogen-bond acceptors (Lipinski definition) is 5. The van der Waals surface area contributed by atoms with Gasteiger partial charge in [0.2, 0.25) is 0 Å². The number of benzene rings is 1. The summed E-state index contributed by atoms with van der Waals surface area (Å²) >= 11 is 0. The van der Waals surface area contributed by atoms with E-state index in [2.05, 4.69) is 20.2 Å². The number of halogens is 2. The topological polar surface area (TPSA) is 67.4 Å². The van der Waals surface area contributed by atoms with Gasteiger partial charge in [0, 0.05) is 25.2 Å². The smallest absolute Gasteiger partial charge is 0.253 e. The lowest BCUT2D eigenvalue weighted by atomic mass is 9.98. The third-order valence-corrected chi connectivity index (χ3v) is 6.63. The van der Waals surface area contributed by atoms with Gasteiger partial charge in [-0.15, -0.1) is 0 Å². The first-order valence-electron chi connectivity index (χ1n) is 11.2.